The van der Waals surface area contributed by atoms with Crippen LogP contribution in [0.2, 0.25) is 0 Å². The van der Waals surface area contributed by atoms with E-state index in [0.29, 0.717) is 6.54 Å². The van der Waals surface area contributed by atoms with Crippen molar-refractivity contribution in [2.45, 2.75) is 12.8 Å². The number of halogens is 1. The molecular formula is C12H14BrNO. The van der Waals surface area contributed by atoms with E-state index in [1.165, 1.54) is 16.7 Å². The second-order valence-electron chi connectivity index (χ2n) is 3.61. The molecule has 2 N–H and O–H groups in total. The number of hydrogen-bond acceptors (Lipinski definition) is 2. The van der Waals surface area contributed by atoms with Crippen LogP contribution in [0.5, 0.6) is 5.75 Å². The quantitative estimate of drug-likeness (QED) is 0.914. The lowest BCUT2D eigenvalue weighted by atomic mass is 10.0. The van der Waals surface area contributed by atoms with Crippen LogP contribution in [0.3, 0.4) is 0 Å². The summed E-state index contributed by atoms with van der Waals surface area (Å²) in [6, 6.07) is 4.10. The molecule has 0 radical (unpaired) electrons. The molecule has 15 heavy (non-hydrogen) atoms. The maximum atomic E-state index is 5.59. The highest BCUT2D eigenvalue weighted by atomic mass is 79.9. The summed E-state index contributed by atoms with van der Waals surface area (Å²) < 4.78 is 6.38. The van der Waals surface area contributed by atoms with Gasteiger partial charge in [-0.3, -0.25) is 0 Å². The molecule has 1 aliphatic rings. The Morgan fingerprint density at radius 1 is 1.47 bits per heavy atom. The van der Waals surface area contributed by atoms with Crippen LogP contribution in [0, 0.1) is 0 Å². The molecule has 80 valence electrons. The minimum atomic E-state index is 0.695. The number of ether oxygens (including phenoxy) is 1. The van der Waals surface area contributed by atoms with Crippen molar-refractivity contribution in [2.24, 2.45) is 5.73 Å². The molecule has 3 heteroatoms. The van der Waals surface area contributed by atoms with Crippen LogP contribution >= 0.6 is 15.9 Å². The van der Waals surface area contributed by atoms with Crippen LogP contribution < -0.4 is 10.5 Å². The molecular weight excluding hydrogens is 254 g/mol. The van der Waals surface area contributed by atoms with Crippen molar-refractivity contribution in [2.75, 3.05) is 13.7 Å². The fourth-order valence-electron chi connectivity index (χ4n) is 1.95. The Morgan fingerprint density at radius 3 is 2.93 bits per heavy atom. The summed E-state index contributed by atoms with van der Waals surface area (Å²) in [5.74, 6) is 0.894. The maximum absolute atomic E-state index is 5.59. The highest BCUT2D eigenvalue weighted by Gasteiger charge is 2.17. The lowest BCUT2D eigenvalue weighted by Gasteiger charge is -2.09. The minimum Gasteiger partial charge on any atom is -0.497 e. The van der Waals surface area contributed by atoms with E-state index in [1.807, 2.05) is 6.07 Å². The highest BCUT2D eigenvalue weighted by Crippen LogP contribution is 2.37. The number of methoxy groups -OCH3 is 1. The van der Waals surface area contributed by atoms with Crippen LogP contribution in [0.25, 0.3) is 5.57 Å². The van der Waals surface area contributed by atoms with Crippen molar-refractivity contribution in [3.63, 3.8) is 0 Å². The third kappa shape index (κ3) is 1.94. The van der Waals surface area contributed by atoms with Crippen LogP contribution in [0.1, 0.15) is 17.5 Å². The van der Waals surface area contributed by atoms with Gasteiger partial charge in [-0.1, -0.05) is 22.0 Å². The van der Waals surface area contributed by atoms with E-state index >= 15 is 0 Å². The van der Waals surface area contributed by atoms with Gasteiger partial charge in [0.25, 0.3) is 0 Å². The molecule has 1 aromatic rings. The number of nitrogens with two attached hydrogens (primary N) is 1. The molecule has 1 aromatic carbocycles. The van der Waals surface area contributed by atoms with Crippen molar-refractivity contribution in [1.82, 2.24) is 0 Å². The molecule has 2 nitrogen and oxygen atoms in total. The summed E-state index contributed by atoms with van der Waals surface area (Å²) in [6.07, 6.45) is 4.18. The standard InChI is InChI=1S/C12H14BrNO/c1-15-9-6-11-8(4-5-14)2-3-10(11)12(13)7-9/h2,6-7H,3-5,14H2,1H3. The second kappa shape index (κ2) is 4.37. The average Bonchev–Trinajstić information content (AvgIpc) is 2.63. The molecule has 0 saturated carbocycles. The van der Waals surface area contributed by atoms with Crippen LogP contribution in [0.4, 0.5) is 0 Å². The molecule has 0 heterocycles. The average molecular weight is 268 g/mol. The smallest absolute Gasteiger partial charge is 0.120 e. The lowest BCUT2D eigenvalue weighted by molar-refractivity contribution is 0.414. The normalized spacial score (nSPS) is 13.7. The first-order valence-electron chi connectivity index (χ1n) is 5.02. The Labute approximate surface area is 98.2 Å². The van der Waals surface area contributed by atoms with E-state index in [0.717, 1.165) is 23.1 Å². The second-order valence-corrected chi connectivity index (χ2v) is 4.46. The summed E-state index contributed by atoms with van der Waals surface area (Å²) in [7, 11) is 1.69. The Hall–Kier alpha value is -0.800. The van der Waals surface area contributed by atoms with Gasteiger partial charge in [-0.2, -0.15) is 0 Å². The van der Waals surface area contributed by atoms with Gasteiger partial charge in [0.2, 0.25) is 0 Å². The summed E-state index contributed by atoms with van der Waals surface area (Å²) >= 11 is 3.57. The molecule has 0 spiro atoms. The van der Waals surface area contributed by atoms with Gasteiger partial charge in [0.05, 0.1) is 7.11 Å². The first-order valence-corrected chi connectivity index (χ1v) is 5.81. The van der Waals surface area contributed by atoms with Gasteiger partial charge in [-0.15, -0.1) is 0 Å². The lowest BCUT2D eigenvalue weighted by Crippen LogP contribution is -1.99. The van der Waals surface area contributed by atoms with Gasteiger partial charge in [0.1, 0.15) is 5.75 Å². The zero-order chi connectivity index (χ0) is 10.8. The van der Waals surface area contributed by atoms with E-state index in [1.54, 1.807) is 7.11 Å². The van der Waals surface area contributed by atoms with Gasteiger partial charge in [0, 0.05) is 4.47 Å². The number of fused-ring (bicyclic) bond motifs is 1. The number of benzene rings is 1. The zero-order valence-electron chi connectivity index (χ0n) is 8.72. The fraction of sp³-hybridized carbons (Fsp3) is 0.333. The van der Waals surface area contributed by atoms with Crippen molar-refractivity contribution in [1.29, 1.82) is 0 Å². The minimum absolute atomic E-state index is 0.695. The van der Waals surface area contributed by atoms with E-state index < -0.39 is 0 Å². The van der Waals surface area contributed by atoms with Gasteiger partial charge in [-0.05, 0) is 48.2 Å². The van der Waals surface area contributed by atoms with Gasteiger partial charge in [-0.25, -0.2) is 0 Å². The van der Waals surface area contributed by atoms with Crippen LogP contribution in [-0.4, -0.2) is 13.7 Å². The third-order valence-electron chi connectivity index (χ3n) is 2.72. The Bertz CT molecular complexity index is 412. The van der Waals surface area contributed by atoms with E-state index in [-0.39, 0.29) is 0 Å². The first-order chi connectivity index (χ1) is 7.26. The van der Waals surface area contributed by atoms with Gasteiger partial charge in [0.15, 0.2) is 0 Å². The number of rotatable bonds is 3. The summed E-state index contributed by atoms with van der Waals surface area (Å²) in [4.78, 5) is 0. The van der Waals surface area contributed by atoms with Crippen molar-refractivity contribution >= 4 is 21.5 Å². The monoisotopic (exact) mass is 267 g/mol. The Morgan fingerprint density at radius 2 is 2.27 bits per heavy atom. The molecule has 0 fully saturated rings. The molecule has 0 aromatic heterocycles. The maximum Gasteiger partial charge on any atom is 0.120 e. The van der Waals surface area contributed by atoms with Crippen molar-refractivity contribution in [3.8, 4) is 5.75 Å². The van der Waals surface area contributed by atoms with E-state index in [9.17, 15) is 0 Å². The van der Waals surface area contributed by atoms with Crippen LogP contribution in [-0.2, 0) is 6.42 Å². The Kier molecular flexibility index (Phi) is 3.12. The molecule has 1 aliphatic carbocycles. The SMILES string of the molecule is COc1cc(Br)c2c(c1)C(CCN)=CC2. The van der Waals surface area contributed by atoms with Gasteiger partial charge < -0.3 is 10.5 Å². The first kappa shape index (κ1) is 10.7. The molecule has 0 atom stereocenters. The number of hydrogen-bond donors (Lipinski definition) is 1. The highest BCUT2D eigenvalue weighted by molar-refractivity contribution is 9.10. The molecule has 2 rings (SSSR count). The van der Waals surface area contributed by atoms with E-state index in [4.69, 9.17) is 10.5 Å². The molecule has 0 bridgehead atoms. The largest absolute Gasteiger partial charge is 0.497 e. The van der Waals surface area contributed by atoms with Crippen molar-refractivity contribution < 1.29 is 4.74 Å². The molecule has 0 saturated heterocycles. The molecule has 0 amide bonds. The zero-order valence-corrected chi connectivity index (χ0v) is 10.3. The van der Waals surface area contributed by atoms with Gasteiger partial charge >= 0.3 is 0 Å². The topological polar surface area (TPSA) is 35.2 Å². The predicted molar refractivity (Wildman–Crippen MR) is 66.0 cm³/mol. The van der Waals surface area contributed by atoms with Crippen molar-refractivity contribution in [3.05, 3.63) is 33.8 Å². The summed E-state index contributed by atoms with van der Waals surface area (Å²) in [5.41, 5.74) is 9.56. The fourth-order valence-corrected chi connectivity index (χ4v) is 2.55. The summed E-state index contributed by atoms with van der Waals surface area (Å²) in [6.45, 7) is 0.695. The molecule has 0 unspecified atom stereocenters. The molecule has 0 aliphatic heterocycles. The third-order valence-corrected chi connectivity index (χ3v) is 3.42. The van der Waals surface area contributed by atoms with E-state index in [2.05, 4.69) is 28.1 Å². The van der Waals surface area contributed by atoms with Crippen LogP contribution in [0.15, 0.2) is 22.7 Å². The Balaban J connectivity index is 2.43. The number of allylic oxidation sites excluding steroid dienone is 1. The predicted octanol–water partition coefficient (Wildman–Crippen LogP) is 2.75. The summed E-state index contributed by atoms with van der Waals surface area (Å²) in [5, 5.41) is 0.